The van der Waals surface area contributed by atoms with Crippen molar-refractivity contribution in [3.05, 3.63) is 35.4 Å². The minimum absolute atomic E-state index is 0.0806. The van der Waals surface area contributed by atoms with Crippen molar-refractivity contribution in [1.82, 2.24) is 20.1 Å². The molecule has 1 aromatic carbocycles. The number of rotatable bonds is 6. The molecule has 0 aliphatic carbocycles. The fourth-order valence-corrected chi connectivity index (χ4v) is 2.92. The van der Waals surface area contributed by atoms with Crippen LogP contribution in [0.1, 0.15) is 50.4 Å². The summed E-state index contributed by atoms with van der Waals surface area (Å²) in [6.07, 6.45) is 1.10. The third-order valence-electron chi connectivity index (χ3n) is 4.63. The van der Waals surface area contributed by atoms with E-state index in [9.17, 15) is 4.79 Å². The molecule has 25 heavy (non-hydrogen) atoms. The van der Waals surface area contributed by atoms with Crippen molar-refractivity contribution in [2.45, 2.75) is 52.3 Å². The van der Waals surface area contributed by atoms with Gasteiger partial charge in [0.2, 0.25) is 0 Å². The second-order valence-corrected chi connectivity index (χ2v) is 6.31. The SMILES string of the molecule is CCc1nnc(CNC(C)c2ccc3c(c2)OC(CC)C(=O)N3)n1C. The molecule has 0 saturated heterocycles. The number of carbonyl (C=O) groups is 1. The first-order chi connectivity index (χ1) is 12.0. The minimum atomic E-state index is -0.419. The van der Waals surface area contributed by atoms with Crippen LogP contribution in [-0.2, 0) is 24.8 Å². The average Bonchev–Trinajstić information content (AvgIpc) is 2.98. The van der Waals surface area contributed by atoms with Gasteiger partial charge in [-0.1, -0.05) is 19.9 Å². The van der Waals surface area contributed by atoms with E-state index in [4.69, 9.17) is 4.74 Å². The van der Waals surface area contributed by atoms with Crippen LogP contribution in [0.25, 0.3) is 0 Å². The van der Waals surface area contributed by atoms with Crippen molar-refractivity contribution in [3.8, 4) is 5.75 Å². The Morgan fingerprint density at radius 2 is 2.08 bits per heavy atom. The van der Waals surface area contributed by atoms with Crippen LogP contribution in [0.5, 0.6) is 5.75 Å². The Kier molecular flexibility index (Phi) is 5.03. The number of aryl methyl sites for hydroxylation is 1. The lowest BCUT2D eigenvalue weighted by atomic mass is 10.1. The molecule has 134 valence electrons. The molecule has 2 N–H and O–H groups in total. The Bertz CT molecular complexity index is 771. The molecule has 7 nitrogen and oxygen atoms in total. The van der Waals surface area contributed by atoms with E-state index in [1.165, 1.54) is 0 Å². The lowest BCUT2D eigenvalue weighted by Gasteiger charge is -2.26. The Morgan fingerprint density at radius 3 is 2.76 bits per heavy atom. The summed E-state index contributed by atoms with van der Waals surface area (Å²) in [5.74, 6) is 2.54. The number of anilines is 1. The maximum atomic E-state index is 11.9. The smallest absolute Gasteiger partial charge is 0.265 e. The molecule has 2 atom stereocenters. The van der Waals surface area contributed by atoms with Crippen molar-refractivity contribution in [2.75, 3.05) is 5.32 Å². The van der Waals surface area contributed by atoms with Crippen LogP contribution < -0.4 is 15.4 Å². The maximum Gasteiger partial charge on any atom is 0.265 e. The Hall–Kier alpha value is -2.41. The highest BCUT2D eigenvalue weighted by molar-refractivity contribution is 5.97. The van der Waals surface area contributed by atoms with E-state index in [-0.39, 0.29) is 11.9 Å². The highest BCUT2D eigenvalue weighted by Crippen LogP contribution is 2.33. The van der Waals surface area contributed by atoms with E-state index in [0.717, 1.165) is 35.1 Å². The van der Waals surface area contributed by atoms with Crippen LogP contribution >= 0.6 is 0 Å². The fraction of sp³-hybridized carbons (Fsp3) is 0.500. The molecule has 0 fully saturated rings. The van der Waals surface area contributed by atoms with Gasteiger partial charge in [0, 0.05) is 19.5 Å². The van der Waals surface area contributed by atoms with Crippen molar-refractivity contribution in [3.63, 3.8) is 0 Å². The number of hydrogen-bond acceptors (Lipinski definition) is 5. The summed E-state index contributed by atoms with van der Waals surface area (Å²) >= 11 is 0. The molecule has 1 aliphatic rings. The number of nitrogens with zero attached hydrogens (tertiary/aromatic N) is 3. The van der Waals surface area contributed by atoms with Crippen LogP contribution in [0.4, 0.5) is 5.69 Å². The lowest BCUT2D eigenvalue weighted by molar-refractivity contribution is -0.123. The Morgan fingerprint density at radius 1 is 1.32 bits per heavy atom. The predicted octanol–water partition coefficient (Wildman–Crippen LogP) is 2.34. The molecule has 1 aromatic heterocycles. The van der Waals surface area contributed by atoms with Gasteiger partial charge in [0.05, 0.1) is 12.2 Å². The summed E-state index contributed by atoms with van der Waals surface area (Å²) in [6, 6.07) is 6.00. The molecule has 2 unspecified atom stereocenters. The third kappa shape index (κ3) is 3.51. The first-order valence-corrected chi connectivity index (χ1v) is 8.75. The number of carbonyl (C=O) groups excluding carboxylic acids is 1. The van der Waals surface area contributed by atoms with Crippen LogP contribution in [0, 0.1) is 0 Å². The molecular formula is C18H25N5O2. The summed E-state index contributed by atoms with van der Waals surface area (Å²) in [5.41, 5.74) is 1.83. The van der Waals surface area contributed by atoms with Gasteiger partial charge in [-0.2, -0.15) is 0 Å². The molecule has 0 bridgehead atoms. The zero-order chi connectivity index (χ0) is 18.0. The molecule has 3 rings (SSSR count). The molecule has 0 saturated carbocycles. The summed E-state index contributed by atoms with van der Waals surface area (Å²) in [4.78, 5) is 11.9. The van der Waals surface area contributed by atoms with Gasteiger partial charge in [-0.05, 0) is 31.0 Å². The minimum Gasteiger partial charge on any atom is -0.478 e. The van der Waals surface area contributed by atoms with Crippen molar-refractivity contribution < 1.29 is 9.53 Å². The second-order valence-electron chi connectivity index (χ2n) is 6.31. The molecule has 2 heterocycles. The number of fused-ring (bicyclic) bond motifs is 1. The van der Waals surface area contributed by atoms with Crippen LogP contribution in [-0.4, -0.2) is 26.8 Å². The van der Waals surface area contributed by atoms with Gasteiger partial charge in [-0.25, -0.2) is 0 Å². The van der Waals surface area contributed by atoms with Crippen LogP contribution in [0.3, 0.4) is 0 Å². The zero-order valence-electron chi connectivity index (χ0n) is 15.2. The van der Waals surface area contributed by atoms with Gasteiger partial charge < -0.3 is 19.9 Å². The normalized spacial score (nSPS) is 17.6. The number of ether oxygens (including phenoxy) is 1. The van der Waals surface area contributed by atoms with Crippen molar-refractivity contribution in [1.29, 1.82) is 0 Å². The average molecular weight is 343 g/mol. The van der Waals surface area contributed by atoms with E-state index in [0.29, 0.717) is 13.0 Å². The topological polar surface area (TPSA) is 81.1 Å². The number of nitrogens with one attached hydrogen (secondary N) is 2. The van der Waals surface area contributed by atoms with Gasteiger partial charge in [0.25, 0.3) is 5.91 Å². The zero-order valence-corrected chi connectivity index (χ0v) is 15.2. The molecule has 1 aliphatic heterocycles. The molecule has 7 heteroatoms. The van der Waals surface area contributed by atoms with Crippen LogP contribution in [0.2, 0.25) is 0 Å². The van der Waals surface area contributed by atoms with E-state index >= 15 is 0 Å². The number of amides is 1. The van der Waals surface area contributed by atoms with Gasteiger partial charge in [0.15, 0.2) is 6.10 Å². The van der Waals surface area contributed by atoms with Gasteiger partial charge in [0.1, 0.15) is 17.4 Å². The van der Waals surface area contributed by atoms with Gasteiger partial charge >= 0.3 is 0 Å². The maximum absolute atomic E-state index is 11.9. The van der Waals surface area contributed by atoms with Gasteiger partial charge in [-0.15, -0.1) is 10.2 Å². The first kappa shape index (κ1) is 17.4. The quantitative estimate of drug-likeness (QED) is 0.841. The van der Waals surface area contributed by atoms with Crippen molar-refractivity contribution in [2.24, 2.45) is 7.05 Å². The monoisotopic (exact) mass is 343 g/mol. The third-order valence-corrected chi connectivity index (χ3v) is 4.63. The number of benzene rings is 1. The fourth-order valence-electron chi connectivity index (χ4n) is 2.92. The van der Waals surface area contributed by atoms with E-state index in [2.05, 4.69) is 34.7 Å². The highest BCUT2D eigenvalue weighted by atomic mass is 16.5. The Labute approximate surface area is 147 Å². The van der Waals surface area contributed by atoms with E-state index in [1.54, 1.807) is 0 Å². The predicted molar refractivity (Wildman–Crippen MR) is 95.4 cm³/mol. The molecule has 2 aromatic rings. The Balaban J connectivity index is 1.69. The van der Waals surface area contributed by atoms with E-state index < -0.39 is 6.10 Å². The highest BCUT2D eigenvalue weighted by Gasteiger charge is 2.26. The van der Waals surface area contributed by atoms with E-state index in [1.807, 2.05) is 36.7 Å². The van der Waals surface area contributed by atoms with Gasteiger partial charge in [-0.3, -0.25) is 4.79 Å². The lowest BCUT2D eigenvalue weighted by Crippen LogP contribution is -2.36. The molecule has 1 amide bonds. The summed E-state index contributed by atoms with van der Waals surface area (Å²) in [6.45, 7) is 6.74. The summed E-state index contributed by atoms with van der Waals surface area (Å²) in [7, 11) is 1.99. The molecule has 0 radical (unpaired) electrons. The summed E-state index contributed by atoms with van der Waals surface area (Å²) in [5, 5.41) is 14.8. The first-order valence-electron chi connectivity index (χ1n) is 8.75. The number of aromatic nitrogens is 3. The molecular weight excluding hydrogens is 318 g/mol. The summed E-state index contributed by atoms with van der Waals surface area (Å²) < 4.78 is 7.84. The van der Waals surface area contributed by atoms with Crippen molar-refractivity contribution >= 4 is 11.6 Å². The van der Waals surface area contributed by atoms with Crippen LogP contribution in [0.15, 0.2) is 18.2 Å². The second kappa shape index (κ2) is 7.23. The molecule has 0 spiro atoms. The number of hydrogen-bond donors (Lipinski definition) is 2. The largest absolute Gasteiger partial charge is 0.478 e. The standard InChI is InChI=1S/C18H25N5O2/c1-5-14-18(24)20-13-8-7-12(9-15(13)25-14)11(3)19-10-17-22-21-16(6-2)23(17)4/h7-9,11,14,19H,5-6,10H2,1-4H3,(H,20,24).